The highest BCUT2D eigenvalue weighted by Crippen LogP contribution is 2.31. The van der Waals surface area contributed by atoms with Crippen LogP contribution in [0.25, 0.3) is 0 Å². The Bertz CT molecular complexity index is 482. The van der Waals surface area contributed by atoms with E-state index in [1.54, 1.807) is 7.11 Å². The number of hydrogen-bond acceptors (Lipinski definition) is 2. The molecule has 20 heavy (non-hydrogen) atoms. The van der Waals surface area contributed by atoms with Gasteiger partial charge in [-0.05, 0) is 52.9 Å². The second kappa shape index (κ2) is 7.11. The van der Waals surface area contributed by atoms with E-state index >= 15 is 0 Å². The fraction of sp³-hybridized carbons (Fsp3) is 0.562. The zero-order valence-electron chi connectivity index (χ0n) is 12.2. The van der Waals surface area contributed by atoms with Gasteiger partial charge in [-0.15, -0.1) is 0 Å². The first-order valence-corrected chi connectivity index (χ1v) is 8.12. The zero-order chi connectivity index (χ0) is 14.5. The van der Waals surface area contributed by atoms with E-state index in [-0.39, 0.29) is 5.91 Å². The molecule has 1 N–H and O–H groups in total. The molecule has 1 fully saturated rings. The van der Waals surface area contributed by atoms with E-state index in [1.807, 2.05) is 12.1 Å². The summed E-state index contributed by atoms with van der Waals surface area (Å²) in [6, 6.07) is 4.25. The van der Waals surface area contributed by atoms with Gasteiger partial charge in [0.05, 0.1) is 17.1 Å². The number of methoxy groups -OCH3 is 1. The topological polar surface area (TPSA) is 38.3 Å². The minimum atomic E-state index is -0.0234. The summed E-state index contributed by atoms with van der Waals surface area (Å²) < 4.78 is 6.22. The lowest BCUT2D eigenvalue weighted by atomic mass is 9.95. The van der Waals surface area contributed by atoms with Crippen LogP contribution in [-0.4, -0.2) is 19.1 Å². The number of carbonyl (C=O) groups is 1. The van der Waals surface area contributed by atoms with Crippen LogP contribution in [0.2, 0.25) is 0 Å². The molecule has 1 aromatic rings. The molecule has 0 heterocycles. The van der Waals surface area contributed by atoms with Gasteiger partial charge in [-0.2, -0.15) is 0 Å². The van der Waals surface area contributed by atoms with Gasteiger partial charge in [-0.1, -0.05) is 26.2 Å². The quantitative estimate of drug-likeness (QED) is 0.897. The highest BCUT2D eigenvalue weighted by atomic mass is 79.9. The molecule has 0 saturated heterocycles. The van der Waals surface area contributed by atoms with Crippen LogP contribution in [0.15, 0.2) is 16.6 Å². The van der Waals surface area contributed by atoms with Crippen molar-refractivity contribution in [3.63, 3.8) is 0 Å². The molecule has 1 amide bonds. The summed E-state index contributed by atoms with van der Waals surface area (Å²) >= 11 is 3.49. The Kier molecular flexibility index (Phi) is 5.46. The predicted molar refractivity (Wildman–Crippen MR) is 84.4 cm³/mol. The SMILES string of the molecule is CCc1cc(Br)c(OC)c(C(=O)NC2CCCCC2)c1. The van der Waals surface area contributed by atoms with Crippen molar-refractivity contribution in [1.82, 2.24) is 5.32 Å². The first-order chi connectivity index (χ1) is 9.65. The van der Waals surface area contributed by atoms with E-state index in [1.165, 1.54) is 19.3 Å². The van der Waals surface area contributed by atoms with Crippen molar-refractivity contribution >= 4 is 21.8 Å². The van der Waals surface area contributed by atoms with Crippen LogP contribution in [0.4, 0.5) is 0 Å². The third-order valence-corrected chi connectivity index (χ3v) is 4.49. The van der Waals surface area contributed by atoms with Crippen LogP contribution in [0.3, 0.4) is 0 Å². The molecule has 0 unspecified atom stereocenters. The number of nitrogens with one attached hydrogen (secondary N) is 1. The second-order valence-electron chi connectivity index (χ2n) is 5.32. The lowest BCUT2D eigenvalue weighted by molar-refractivity contribution is 0.0924. The zero-order valence-corrected chi connectivity index (χ0v) is 13.8. The van der Waals surface area contributed by atoms with Gasteiger partial charge in [0, 0.05) is 6.04 Å². The minimum Gasteiger partial charge on any atom is -0.495 e. The summed E-state index contributed by atoms with van der Waals surface area (Å²) in [5.74, 6) is 0.597. The van der Waals surface area contributed by atoms with Crippen LogP contribution >= 0.6 is 15.9 Å². The molecule has 1 aliphatic rings. The summed E-state index contributed by atoms with van der Waals surface area (Å²) in [4.78, 5) is 12.5. The highest BCUT2D eigenvalue weighted by Gasteiger charge is 2.20. The molecule has 0 spiro atoms. The van der Waals surface area contributed by atoms with Crippen LogP contribution in [-0.2, 0) is 6.42 Å². The summed E-state index contributed by atoms with van der Waals surface area (Å²) in [6.45, 7) is 2.08. The Hall–Kier alpha value is -1.03. The monoisotopic (exact) mass is 339 g/mol. The van der Waals surface area contributed by atoms with E-state index in [0.29, 0.717) is 17.4 Å². The largest absolute Gasteiger partial charge is 0.495 e. The standard InChI is InChI=1S/C16H22BrNO2/c1-3-11-9-13(15(20-2)14(17)10-11)16(19)18-12-7-5-4-6-8-12/h9-10,12H,3-8H2,1-2H3,(H,18,19). The first-order valence-electron chi connectivity index (χ1n) is 7.33. The van der Waals surface area contributed by atoms with E-state index in [0.717, 1.165) is 29.3 Å². The molecule has 0 radical (unpaired) electrons. The summed E-state index contributed by atoms with van der Waals surface area (Å²) in [6.07, 6.45) is 6.77. The van der Waals surface area contributed by atoms with Crippen molar-refractivity contribution in [3.05, 3.63) is 27.7 Å². The minimum absolute atomic E-state index is 0.0234. The molecule has 0 bridgehead atoms. The Morgan fingerprint density at radius 2 is 2.05 bits per heavy atom. The Balaban J connectivity index is 2.20. The van der Waals surface area contributed by atoms with Gasteiger partial charge in [0.1, 0.15) is 5.75 Å². The number of amides is 1. The molecule has 1 aromatic carbocycles. The van der Waals surface area contributed by atoms with Gasteiger partial charge in [0.2, 0.25) is 0 Å². The number of hydrogen-bond donors (Lipinski definition) is 1. The molecule has 1 aliphatic carbocycles. The number of ether oxygens (including phenoxy) is 1. The smallest absolute Gasteiger partial charge is 0.255 e. The van der Waals surface area contributed by atoms with Gasteiger partial charge < -0.3 is 10.1 Å². The number of benzene rings is 1. The van der Waals surface area contributed by atoms with Crippen LogP contribution in [0.5, 0.6) is 5.75 Å². The van der Waals surface area contributed by atoms with Crippen LogP contribution in [0, 0.1) is 0 Å². The van der Waals surface area contributed by atoms with Crippen LogP contribution in [0.1, 0.15) is 54.9 Å². The summed E-state index contributed by atoms with van der Waals surface area (Å²) in [5, 5.41) is 3.15. The maximum absolute atomic E-state index is 12.5. The Labute approximate surface area is 129 Å². The van der Waals surface area contributed by atoms with Crippen molar-refractivity contribution in [2.45, 2.75) is 51.5 Å². The molecule has 110 valence electrons. The van der Waals surface area contributed by atoms with E-state index in [9.17, 15) is 4.79 Å². The number of aryl methyl sites for hydroxylation is 1. The van der Waals surface area contributed by atoms with Gasteiger partial charge in [0.25, 0.3) is 5.91 Å². The molecule has 3 nitrogen and oxygen atoms in total. The normalized spacial score (nSPS) is 15.9. The summed E-state index contributed by atoms with van der Waals surface area (Å²) in [7, 11) is 1.60. The molecular weight excluding hydrogens is 318 g/mol. The van der Waals surface area contributed by atoms with Gasteiger partial charge in [-0.3, -0.25) is 4.79 Å². The van der Waals surface area contributed by atoms with E-state index in [4.69, 9.17) is 4.74 Å². The molecule has 1 saturated carbocycles. The summed E-state index contributed by atoms with van der Waals surface area (Å²) in [5.41, 5.74) is 1.76. The molecule has 0 aromatic heterocycles. The number of carbonyl (C=O) groups excluding carboxylic acids is 1. The van der Waals surface area contributed by atoms with Crippen molar-refractivity contribution in [2.24, 2.45) is 0 Å². The lowest BCUT2D eigenvalue weighted by Crippen LogP contribution is -2.36. The molecule has 4 heteroatoms. The molecular formula is C16H22BrNO2. The Morgan fingerprint density at radius 1 is 1.35 bits per heavy atom. The fourth-order valence-corrected chi connectivity index (χ4v) is 3.41. The van der Waals surface area contributed by atoms with Crippen molar-refractivity contribution in [2.75, 3.05) is 7.11 Å². The average Bonchev–Trinajstić information content (AvgIpc) is 2.47. The van der Waals surface area contributed by atoms with E-state index in [2.05, 4.69) is 28.2 Å². The van der Waals surface area contributed by atoms with Crippen LogP contribution < -0.4 is 10.1 Å². The van der Waals surface area contributed by atoms with E-state index < -0.39 is 0 Å². The Morgan fingerprint density at radius 3 is 2.65 bits per heavy atom. The third kappa shape index (κ3) is 3.54. The number of halogens is 1. The molecule has 2 rings (SSSR count). The second-order valence-corrected chi connectivity index (χ2v) is 6.17. The average molecular weight is 340 g/mol. The number of rotatable bonds is 4. The maximum Gasteiger partial charge on any atom is 0.255 e. The van der Waals surface area contributed by atoms with Crippen molar-refractivity contribution < 1.29 is 9.53 Å². The molecule has 0 aliphatic heterocycles. The third-order valence-electron chi connectivity index (χ3n) is 3.90. The first kappa shape index (κ1) is 15.4. The van der Waals surface area contributed by atoms with Crippen molar-refractivity contribution in [1.29, 1.82) is 0 Å². The predicted octanol–water partition coefficient (Wildman–Crippen LogP) is 4.08. The molecule has 0 atom stereocenters. The fourth-order valence-electron chi connectivity index (χ4n) is 2.74. The maximum atomic E-state index is 12.5. The van der Waals surface area contributed by atoms with Gasteiger partial charge >= 0.3 is 0 Å². The highest BCUT2D eigenvalue weighted by molar-refractivity contribution is 9.10. The van der Waals surface area contributed by atoms with Gasteiger partial charge in [-0.25, -0.2) is 0 Å². The van der Waals surface area contributed by atoms with Crippen molar-refractivity contribution in [3.8, 4) is 5.75 Å². The van der Waals surface area contributed by atoms with Gasteiger partial charge in [0.15, 0.2) is 0 Å². The lowest BCUT2D eigenvalue weighted by Gasteiger charge is -2.23.